The number of thiocarbonyl (C=S) groups is 1. The Bertz CT molecular complexity index is 924. The molecule has 2 aromatic carbocycles. The smallest absolute Gasteiger partial charge is 0.276 e. The Morgan fingerprint density at radius 1 is 1.07 bits per heavy atom. The first kappa shape index (κ1) is 23.8. The van der Waals surface area contributed by atoms with Crippen LogP contribution in [0.4, 0.5) is 0 Å². The normalized spacial score (nSPS) is 10.8. The fourth-order valence-corrected chi connectivity index (χ4v) is 3.20. The number of amides is 2. The molecule has 160 valence electrons. The molecule has 0 aliphatic carbocycles. The van der Waals surface area contributed by atoms with Crippen molar-refractivity contribution >= 4 is 45.1 Å². The average Bonchev–Trinajstić information content (AvgIpc) is 2.70. The van der Waals surface area contributed by atoms with Gasteiger partial charge in [0.2, 0.25) is 0 Å². The Balaban J connectivity index is 1.78. The van der Waals surface area contributed by atoms with Gasteiger partial charge in [-0.15, -0.1) is 0 Å². The third-order valence-electron chi connectivity index (χ3n) is 4.32. The van der Waals surface area contributed by atoms with E-state index in [1.165, 1.54) is 0 Å². The number of benzene rings is 2. The standard InChI is InChI=1S/C22H26BrN3O3S/c1-5-14-6-11-18(17(23)12-14)29-13-19(27)25-26-21(30)24-20(28)15-7-9-16(10-8-15)22(2,3)4/h6-12H,5,13H2,1-4H3,(H,25,27)(H2,24,26,28,30). The maximum absolute atomic E-state index is 12.3. The van der Waals surface area contributed by atoms with E-state index in [2.05, 4.69) is 59.8 Å². The highest BCUT2D eigenvalue weighted by molar-refractivity contribution is 9.10. The monoisotopic (exact) mass is 491 g/mol. The number of rotatable bonds is 5. The van der Waals surface area contributed by atoms with Crippen molar-refractivity contribution in [3.05, 3.63) is 63.6 Å². The van der Waals surface area contributed by atoms with E-state index < -0.39 is 5.91 Å². The summed E-state index contributed by atoms with van der Waals surface area (Å²) in [6.07, 6.45) is 0.910. The molecule has 30 heavy (non-hydrogen) atoms. The topological polar surface area (TPSA) is 79.5 Å². The molecule has 0 bridgehead atoms. The number of carbonyl (C=O) groups is 2. The van der Waals surface area contributed by atoms with Crippen molar-refractivity contribution in [3.8, 4) is 5.75 Å². The highest BCUT2D eigenvalue weighted by Gasteiger charge is 2.15. The Morgan fingerprint density at radius 3 is 2.30 bits per heavy atom. The summed E-state index contributed by atoms with van der Waals surface area (Å²) in [6, 6.07) is 13.0. The Morgan fingerprint density at radius 2 is 1.73 bits per heavy atom. The molecular weight excluding hydrogens is 466 g/mol. The second-order valence-corrected chi connectivity index (χ2v) is 8.95. The van der Waals surface area contributed by atoms with Crippen LogP contribution < -0.4 is 20.9 Å². The number of hydrazine groups is 1. The van der Waals surface area contributed by atoms with Gasteiger partial charge in [0.05, 0.1) is 4.47 Å². The fraction of sp³-hybridized carbons (Fsp3) is 0.318. The number of halogens is 1. The summed E-state index contributed by atoms with van der Waals surface area (Å²) in [6.45, 7) is 8.16. The molecule has 0 unspecified atom stereocenters. The molecule has 0 saturated heterocycles. The largest absolute Gasteiger partial charge is 0.483 e. The van der Waals surface area contributed by atoms with E-state index >= 15 is 0 Å². The third-order valence-corrected chi connectivity index (χ3v) is 5.14. The Labute approximate surface area is 190 Å². The molecule has 2 aromatic rings. The predicted molar refractivity (Wildman–Crippen MR) is 125 cm³/mol. The van der Waals surface area contributed by atoms with E-state index in [0.717, 1.165) is 22.0 Å². The summed E-state index contributed by atoms with van der Waals surface area (Å²) in [7, 11) is 0. The number of hydrogen-bond donors (Lipinski definition) is 3. The fourth-order valence-electron chi connectivity index (χ4n) is 2.52. The molecule has 0 aliphatic rings. The predicted octanol–water partition coefficient (Wildman–Crippen LogP) is 4.02. The molecule has 0 heterocycles. The number of carbonyl (C=O) groups excluding carboxylic acids is 2. The van der Waals surface area contributed by atoms with Gasteiger partial charge in [-0.05, 0) is 75.4 Å². The molecule has 2 amide bonds. The van der Waals surface area contributed by atoms with Crippen molar-refractivity contribution in [1.29, 1.82) is 0 Å². The lowest BCUT2D eigenvalue weighted by Gasteiger charge is -2.19. The van der Waals surface area contributed by atoms with E-state index in [0.29, 0.717) is 11.3 Å². The van der Waals surface area contributed by atoms with E-state index in [-0.39, 0.29) is 23.0 Å². The van der Waals surface area contributed by atoms with Crippen LogP contribution in [-0.4, -0.2) is 23.5 Å². The van der Waals surface area contributed by atoms with E-state index in [9.17, 15) is 9.59 Å². The van der Waals surface area contributed by atoms with Crippen LogP contribution in [0.2, 0.25) is 0 Å². The van der Waals surface area contributed by atoms with Gasteiger partial charge in [-0.2, -0.15) is 0 Å². The molecule has 8 heteroatoms. The molecule has 0 aromatic heterocycles. The van der Waals surface area contributed by atoms with Crippen molar-refractivity contribution in [2.75, 3.05) is 6.61 Å². The molecule has 0 atom stereocenters. The van der Waals surface area contributed by atoms with Crippen LogP contribution in [0, 0.1) is 0 Å². The van der Waals surface area contributed by atoms with Gasteiger partial charge in [-0.25, -0.2) is 0 Å². The van der Waals surface area contributed by atoms with Crippen LogP contribution in [0.3, 0.4) is 0 Å². The lowest BCUT2D eigenvalue weighted by Crippen LogP contribution is -2.49. The zero-order valence-corrected chi connectivity index (χ0v) is 19.9. The summed E-state index contributed by atoms with van der Waals surface area (Å²) in [4.78, 5) is 24.2. The third kappa shape index (κ3) is 7.11. The lowest BCUT2D eigenvalue weighted by atomic mass is 9.87. The molecule has 0 aliphatic heterocycles. The van der Waals surface area contributed by atoms with Crippen LogP contribution in [0.25, 0.3) is 0 Å². The zero-order valence-electron chi connectivity index (χ0n) is 17.5. The van der Waals surface area contributed by atoms with Crippen molar-refractivity contribution in [1.82, 2.24) is 16.2 Å². The lowest BCUT2D eigenvalue weighted by molar-refractivity contribution is -0.123. The molecular formula is C22H26BrN3O3S. The molecule has 6 nitrogen and oxygen atoms in total. The molecule has 3 N–H and O–H groups in total. The maximum atomic E-state index is 12.3. The molecule has 2 rings (SSSR count). The number of aryl methyl sites for hydroxylation is 1. The summed E-state index contributed by atoms with van der Waals surface area (Å²) in [5, 5.41) is 2.51. The summed E-state index contributed by atoms with van der Waals surface area (Å²) >= 11 is 8.48. The Hall–Kier alpha value is -2.45. The average molecular weight is 492 g/mol. The highest BCUT2D eigenvalue weighted by atomic mass is 79.9. The summed E-state index contributed by atoms with van der Waals surface area (Å²) < 4.78 is 6.27. The highest BCUT2D eigenvalue weighted by Crippen LogP contribution is 2.26. The van der Waals surface area contributed by atoms with Gasteiger partial charge in [-0.1, -0.05) is 45.9 Å². The van der Waals surface area contributed by atoms with Crippen molar-refractivity contribution in [2.45, 2.75) is 39.5 Å². The first-order valence-corrected chi connectivity index (χ1v) is 10.7. The minimum atomic E-state index is -0.437. The second kappa shape index (κ2) is 10.5. The van der Waals surface area contributed by atoms with Gasteiger partial charge in [0, 0.05) is 5.56 Å². The summed E-state index contributed by atoms with van der Waals surface area (Å²) in [5.41, 5.74) is 7.66. The molecule has 0 saturated carbocycles. The van der Waals surface area contributed by atoms with Crippen LogP contribution >= 0.6 is 28.1 Å². The number of hydrogen-bond acceptors (Lipinski definition) is 4. The van der Waals surface area contributed by atoms with Crippen LogP contribution in [0.1, 0.15) is 49.2 Å². The maximum Gasteiger partial charge on any atom is 0.276 e. The summed E-state index contributed by atoms with van der Waals surface area (Å²) in [5.74, 6) is -0.233. The van der Waals surface area contributed by atoms with Gasteiger partial charge in [0.1, 0.15) is 5.75 Å². The van der Waals surface area contributed by atoms with Gasteiger partial charge in [0.25, 0.3) is 11.8 Å². The number of ether oxygens (including phenoxy) is 1. The minimum Gasteiger partial charge on any atom is -0.483 e. The van der Waals surface area contributed by atoms with Crippen molar-refractivity contribution in [2.24, 2.45) is 0 Å². The molecule has 0 fully saturated rings. The number of nitrogens with one attached hydrogen (secondary N) is 3. The van der Waals surface area contributed by atoms with Crippen LogP contribution in [0.15, 0.2) is 46.9 Å². The van der Waals surface area contributed by atoms with E-state index in [1.807, 2.05) is 24.3 Å². The zero-order chi connectivity index (χ0) is 22.3. The van der Waals surface area contributed by atoms with Crippen LogP contribution in [-0.2, 0) is 16.6 Å². The molecule has 0 spiro atoms. The minimum absolute atomic E-state index is 0.00580. The van der Waals surface area contributed by atoms with Gasteiger partial charge >= 0.3 is 0 Å². The van der Waals surface area contributed by atoms with Crippen molar-refractivity contribution < 1.29 is 14.3 Å². The second-order valence-electron chi connectivity index (χ2n) is 7.69. The van der Waals surface area contributed by atoms with E-state index in [4.69, 9.17) is 17.0 Å². The van der Waals surface area contributed by atoms with Gasteiger partial charge in [-0.3, -0.25) is 25.8 Å². The van der Waals surface area contributed by atoms with Crippen LogP contribution in [0.5, 0.6) is 5.75 Å². The van der Waals surface area contributed by atoms with E-state index in [1.54, 1.807) is 18.2 Å². The first-order valence-electron chi connectivity index (χ1n) is 9.52. The SMILES string of the molecule is CCc1ccc(OCC(=O)NNC(=S)NC(=O)c2ccc(C(C)(C)C)cc2)c(Br)c1. The molecule has 0 radical (unpaired) electrons. The quantitative estimate of drug-likeness (QED) is 0.434. The Kier molecular flexibility index (Phi) is 8.37. The van der Waals surface area contributed by atoms with Gasteiger partial charge < -0.3 is 4.74 Å². The van der Waals surface area contributed by atoms with Gasteiger partial charge in [0.15, 0.2) is 11.7 Å². The van der Waals surface area contributed by atoms with Crippen molar-refractivity contribution in [3.63, 3.8) is 0 Å². The first-order chi connectivity index (χ1) is 14.1.